The van der Waals surface area contributed by atoms with E-state index in [9.17, 15) is 9.00 Å². The van der Waals surface area contributed by atoms with E-state index in [1.54, 1.807) is 6.07 Å². The van der Waals surface area contributed by atoms with Crippen LogP contribution >= 0.6 is 0 Å². The molecule has 2 rings (SSSR count). The molecule has 2 heterocycles. The van der Waals surface area contributed by atoms with Crippen molar-refractivity contribution in [2.24, 2.45) is 0 Å². The molecule has 1 fully saturated rings. The van der Waals surface area contributed by atoms with Gasteiger partial charge in [-0.15, -0.1) is 0 Å². The molecule has 0 aromatic carbocycles. The molecule has 0 aliphatic carbocycles. The number of carboxylic acid groups (broad SMARTS) is 1. The Balaban J connectivity index is 1.95. The van der Waals surface area contributed by atoms with Crippen LogP contribution in [0.25, 0.3) is 0 Å². The number of aromatic nitrogens is 1. The van der Waals surface area contributed by atoms with Gasteiger partial charge in [0, 0.05) is 34.5 Å². The van der Waals surface area contributed by atoms with Crippen molar-refractivity contribution in [1.29, 1.82) is 0 Å². The van der Waals surface area contributed by atoms with Crippen molar-refractivity contribution >= 4 is 22.6 Å². The molecule has 1 saturated heterocycles. The number of hydrogen-bond acceptors (Lipinski definition) is 4. The summed E-state index contributed by atoms with van der Waals surface area (Å²) < 4.78 is 11.2. The van der Waals surface area contributed by atoms with Gasteiger partial charge in [-0.3, -0.25) is 4.21 Å². The van der Waals surface area contributed by atoms with Gasteiger partial charge in [-0.05, 0) is 25.0 Å². The number of carboxylic acids is 1. The van der Waals surface area contributed by atoms with Crippen LogP contribution in [-0.2, 0) is 10.8 Å². The average Bonchev–Trinajstić information content (AvgIpc) is 2.33. The molecular weight excluding hydrogens is 240 g/mol. The van der Waals surface area contributed by atoms with Crippen molar-refractivity contribution in [3.05, 3.63) is 23.9 Å². The van der Waals surface area contributed by atoms with Crippen molar-refractivity contribution < 1.29 is 14.1 Å². The first-order chi connectivity index (χ1) is 8.15. The van der Waals surface area contributed by atoms with Gasteiger partial charge in [-0.25, -0.2) is 9.78 Å². The highest BCUT2D eigenvalue weighted by Gasteiger charge is 2.17. The van der Waals surface area contributed by atoms with E-state index in [0.29, 0.717) is 5.82 Å². The maximum atomic E-state index is 11.2. The van der Waals surface area contributed by atoms with Crippen LogP contribution < -0.4 is 5.32 Å². The Morgan fingerprint density at radius 1 is 1.41 bits per heavy atom. The Kier molecular flexibility index (Phi) is 3.73. The zero-order valence-electron chi connectivity index (χ0n) is 9.26. The van der Waals surface area contributed by atoms with E-state index in [1.807, 2.05) is 0 Å². The topological polar surface area (TPSA) is 79.3 Å². The van der Waals surface area contributed by atoms with Gasteiger partial charge in [0.15, 0.2) is 0 Å². The second kappa shape index (κ2) is 5.27. The molecule has 1 aliphatic rings. The first-order valence-corrected chi connectivity index (χ1v) is 6.95. The van der Waals surface area contributed by atoms with Gasteiger partial charge in [0.25, 0.3) is 0 Å². The van der Waals surface area contributed by atoms with E-state index in [0.717, 1.165) is 24.3 Å². The lowest BCUT2D eigenvalue weighted by Gasteiger charge is -2.22. The summed E-state index contributed by atoms with van der Waals surface area (Å²) in [6.07, 6.45) is 3.08. The van der Waals surface area contributed by atoms with Crippen molar-refractivity contribution in [3.8, 4) is 0 Å². The molecule has 0 saturated carbocycles. The van der Waals surface area contributed by atoms with Crippen LogP contribution in [0.15, 0.2) is 18.3 Å². The molecule has 0 amide bonds. The lowest BCUT2D eigenvalue weighted by Crippen LogP contribution is -2.29. The molecule has 0 radical (unpaired) electrons. The predicted molar refractivity (Wildman–Crippen MR) is 65.7 cm³/mol. The highest BCUT2D eigenvalue weighted by atomic mass is 32.2. The fourth-order valence-electron chi connectivity index (χ4n) is 1.75. The minimum atomic E-state index is -0.975. The molecule has 1 aromatic rings. The number of anilines is 1. The van der Waals surface area contributed by atoms with Crippen molar-refractivity contribution in [2.45, 2.75) is 18.9 Å². The molecule has 0 bridgehead atoms. The summed E-state index contributed by atoms with van der Waals surface area (Å²) in [7, 11) is -0.667. The number of aromatic carboxylic acids is 1. The second-order valence-corrected chi connectivity index (χ2v) is 5.70. The Hall–Kier alpha value is -1.43. The number of carbonyl (C=O) groups is 1. The maximum absolute atomic E-state index is 11.2. The number of pyridine rings is 1. The molecule has 2 N–H and O–H groups in total. The standard InChI is InChI=1S/C11H14N2O3S/c14-11(15)8-1-2-10(12-7-8)13-9-3-5-17(16)6-4-9/h1-2,7,9H,3-6H2,(H,12,13)(H,14,15). The Morgan fingerprint density at radius 3 is 2.65 bits per heavy atom. The van der Waals surface area contributed by atoms with Crippen molar-refractivity contribution in [3.63, 3.8) is 0 Å². The lowest BCUT2D eigenvalue weighted by atomic mass is 10.1. The van der Waals surface area contributed by atoms with Gasteiger partial charge >= 0.3 is 5.97 Å². The smallest absolute Gasteiger partial charge is 0.337 e. The third-order valence-electron chi connectivity index (χ3n) is 2.75. The van der Waals surface area contributed by atoms with E-state index < -0.39 is 16.8 Å². The fraction of sp³-hybridized carbons (Fsp3) is 0.455. The molecule has 17 heavy (non-hydrogen) atoms. The monoisotopic (exact) mass is 254 g/mol. The molecule has 5 nitrogen and oxygen atoms in total. The van der Waals surface area contributed by atoms with Crippen LogP contribution in [0.5, 0.6) is 0 Å². The van der Waals surface area contributed by atoms with Crippen LogP contribution in [0.2, 0.25) is 0 Å². The summed E-state index contributed by atoms with van der Waals surface area (Å²) in [5.41, 5.74) is 0.181. The van der Waals surface area contributed by atoms with Crippen LogP contribution in [0, 0.1) is 0 Å². The van der Waals surface area contributed by atoms with Gasteiger partial charge in [0.05, 0.1) is 5.56 Å². The summed E-state index contributed by atoms with van der Waals surface area (Å²) in [5.74, 6) is 1.15. The fourth-order valence-corrected chi connectivity index (χ4v) is 3.05. The normalized spacial score (nSPS) is 24.2. The number of hydrogen-bond donors (Lipinski definition) is 2. The Labute approximate surface area is 102 Å². The summed E-state index contributed by atoms with van der Waals surface area (Å²) >= 11 is 0. The number of nitrogens with zero attached hydrogens (tertiary/aromatic N) is 1. The van der Waals surface area contributed by atoms with E-state index in [-0.39, 0.29) is 11.6 Å². The Morgan fingerprint density at radius 2 is 2.12 bits per heavy atom. The van der Waals surface area contributed by atoms with Crippen LogP contribution in [0.4, 0.5) is 5.82 Å². The molecule has 6 heteroatoms. The third-order valence-corrected chi connectivity index (χ3v) is 4.13. The first kappa shape index (κ1) is 12.0. The van der Waals surface area contributed by atoms with Crippen LogP contribution in [-0.4, -0.2) is 37.8 Å². The highest BCUT2D eigenvalue weighted by Crippen LogP contribution is 2.14. The zero-order chi connectivity index (χ0) is 12.3. The lowest BCUT2D eigenvalue weighted by molar-refractivity contribution is 0.0696. The third kappa shape index (κ3) is 3.26. The van der Waals surface area contributed by atoms with E-state index in [1.165, 1.54) is 12.3 Å². The quantitative estimate of drug-likeness (QED) is 0.844. The maximum Gasteiger partial charge on any atom is 0.337 e. The largest absolute Gasteiger partial charge is 0.478 e. The average molecular weight is 254 g/mol. The molecule has 1 aromatic heterocycles. The minimum Gasteiger partial charge on any atom is -0.478 e. The van der Waals surface area contributed by atoms with Crippen LogP contribution in [0.3, 0.4) is 0 Å². The molecule has 0 spiro atoms. The highest BCUT2D eigenvalue weighted by molar-refractivity contribution is 7.85. The summed E-state index contributed by atoms with van der Waals surface area (Å²) in [5, 5.41) is 12.0. The number of nitrogens with one attached hydrogen (secondary N) is 1. The molecule has 1 aliphatic heterocycles. The van der Waals surface area contributed by atoms with E-state index in [2.05, 4.69) is 10.3 Å². The van der Waals surface area contributed by atoms with Gasteiger partial charge in [-0.1, -0.05) is 0 Å². The second-order valence-electron chi connectivity index (χ2n) is 4.00. The van der Waals surface area contributed by atoms with E-state index in [4.69, 9.17) is 5.11 Å². The summed E-state index contributed by atoms with van der Waals surface area (Å²) in [6, 6.07) is 3.48. The molecule has 0 unspecified atom stereocenters. The van der Waals surface area contributed by atoms with Gasteiger partial charge in [-0.2, -0.15) is 0 Å². The van der Waals surface area contributed by atoms with E-state index >= 15 is 0 Å². The summed E-state index contributed by atoms with van der Waals surface area (Å²) in [6.45, 7) is 0. The number of rotatable bonds is 3. The molecular formula is C11H14N2O3S. The molecule has 0 atom stereocenters. The van der Waals surface area contributed by atoms with Gasteiger partial charge < -0.3 is 10.4 Å². The van der Waals surface area contributed by atoms with Gasteiger partial charge in [0.2, 0.25) is 0 Å². The zero-order valence-corrected chi connectivity index (χ0v) is 10.1. The minimum absolute atomic E-state index is 0.181. The van der Waals surface area contributed by atoms with Crippen molar-refractivity contribution in [2.75, 3.05) is 16.8 Å². The van der Waals surface area contributed by atoms with Gasteiger partial charge in [0.1, 0.15) is 5.82 Å². The van der Waals surface area contributed by atoms with Crippen molar-refractivity contribution in [1.82, 2.24) is 4.98 Å². The molecule has 92 valence electrons. The summed E-state index contributed by atoms with van der Waals surface area (Å²) in [4.78, 5) is 14.7. The van der Waals surface area contributed by atoms with Crippen LogP contribution in [0.1, 0.15) is 23.2 Å². The SMILES string of the molecule is O=C(O)c1ccc(NC2CCS(=O)CC2)nc1. The first-order valence-electron chi connectivity index (χ1n) is 5.46. The Bertz CT molecular complexity index is 423. The predicted octanol–water partition coefficient (Wildman–Crippen LogP) is 1.10.